The number of nitrogens with zero attached hydrogens (tertiary/aromatic N) is 3. The number of sulfone groups is 1. The Morgan fingerprint density at radius 2 is 1.48 bits per heavy atom. The molecule has 1 aliphatic rings. The maximum Gasteiger partial charge on any atom is 0.267 e. The van der Waals surface area contributed by atoms with E-state index < -0.39 is 15.6 Å². The second-order valence-electron chi connectivity index (χ2n) is 7.49. The molecular formula is C25H15N3O4S. The van der Waals surface area contributed by atoms with Crippen molar-refractivity contribution in [2.75, 3.05) is 0 Å². The second kappa shape index (κ2) is 7.11. The van der Waals surface area contributed by atoms with E-state index in [-0.39, 0.29) is 26.9 Å². The number of ketones is 1. The Balaban J connectivity index is 1.58. The zero-order valence-electron chi connectivity index (χ0n) is 17.0. The van der Waals surface area contributed by atoms with Crippen LogP contribution in [0.15, 0.2) is 99.1 Å². The zero-order chi connectivity index (χ0) is 22.6. The molecule has 1 aliphatic heterocycles. The van der Waals surface area contributed by atoms with Crippen molar-refractivity contribution >= 4 is 33.1 Å². The number of hydrogen-bond acceptors (Lipinski definition) is 6. The third kappa shape index (κ3) is 2.95. The lowest BCUT2D eigenvalue weighted by molar-refractivity contribution is 0.104. The minimum absolute atomic E-state index is 0.00671. The zero-order valence-corrected chi connectivity index (χ0v) is 17.9. The van der Waals surface area contributed by atoms with Crippen LogP contribution in [-0.2, 0) is 9.84 Å². The summed E-state index contributed by atoms with van der Waals surface area (Å²) in [5.41, 5.74) is 2.33. The average Bonchev–Trinajstić information content (AvgIpc) is 3.45. The van der Waals surface area contributed by atoms with Gasteiger partial charge in [0.15, 0.2) is 0 Å². The number of para-hydroxylation sites is 1. The number of Topliss-reactive ketones (excluding diaryl/α,β-unsaturated/α-hetero) is 1. The number of rotatable bonds is 3. The summed E-state index contributed by atoms with van der Waals surface area (Å²) in [7, 11) is -3.96. The van der Waals surface area contributed by atoms with E-state index in [9.17, 15) is 13.2 Å². The molecule has 0 unspecified atom stereocenters. The second-order valence-corrected chi connectivity index (χ2v) is 9.38. The van der Waals surface area contributed by atoms with Crippen molar-refractivity contribution < 1.29 is 17.6 Å². The van der Waals surface area contributed by atoms with Gasteiger partial charge < -0.3 is 4.42 Å². The highest BCUT2D eigenvalue weighted by atomic mass is 32.2. The fraction of sp³-hybridized carbons (Fsp3) is 0. The number of carbonyl (C=O) groups is 1. The molecule has 3 heterocycles. The van der Waals surface area contributed by atoms with Gasteiger partial charge in [0.05, 0.1) is 4.90 Å². The Bertz CT molecular complexity index is 1680. The number of fused-ring (bicyclic) bond motifs is 2. The van der Waals surface area contributed by atoms with Crippen LogP contribution in [0.4, 0.5) is 0 Å². The Morgan fingerprint density at radius 3 is 2.21 bits per heavy atom. The topological polar surface area (TPSA) is 95.1 Å². The van der Waals surface area contributed by atoms with Crippen molar-refractivity contribution in [3.05, 3.63) is 101 Å². The van der Waals surface area contributed by atoms with E-state index in [4.69, 9.17) is 4.42 Å². The van der Waals surface area contributed by atoms with Gasteiger partial charge in [0.2, 0.25) is 27.2 Å². The largest absolute Gasteiger partial charge is 0.416 e. The molecule has 3 aromatic carbocycles. The molecule has 0 radical (unpaired) electrons. The van der Waals surface area contributed by atoms with E-state index in [1.54, 1.807) is 16.7 Å². The Kier molecular flexibility index (Phi) is 4.18. The predicted octanol–water partition coefficient (Wildman–Crippen LogP) is 4.69. The maximum absolute atomic E-state index is 13.1. The fourth-order valence-electron chi connectivity index (χ4n) is 3.94. The summed E-state index contributed by atoms with van der Waals surface area (Å²) >= 11 is 0. The summed E-state index contributed by atoms with van der Waals surface area (Å²) in [6.07, 6.45) is 1.30. The molecule has 0 saturated carbocycles. The third-order valence-electron chi connectivity index (χ3n) is 5.48. The molecule has 160 valence electrons. The van der Waals surface area contributed by atoms with Crippen LogP contribution >= 0.6 is 0 Å². The number of aromatic nitrogens is 3. The molecule has 8 heteroatoms. The molecule has 0 aliphatic carbocycles. The standard InChI is InChI=1S/C25H15N3O4S/c29-22-18-13-7-8-14-19(18)33(30,31)20(22)15-21-26-25-23(28(21)17-11-5-2-6-12-17)27-24(32-25)16-9-3-1-4-10-16/h1-15H/b20-15+. The van der Waals surface area contributed by atoms with Gasteiger partial charge in [-0.15, -0.1) is 0 Å². The van der Waals surface area contributed by atoms with Crippen LogP contribution in [0.25, 0.3) is 34.6 Å². The Hall–Kier alpha value is -4.30. The lowest BCUT2D eigenvalue weighted by Crippen LogP contribution is -2.05. The quantitative estimate of drug-likeness (QED) is 0.368. The van der Waals surface area contributed by atoms with E-state index in [0.717, 1.165) is 5.56 Å². The van der Waals surface area contributed by atoms with Gasteiger partial charge in [0.1, 0.15) is 10.7 Å². The van der Waals surface area contributed by atoms with Gasteiger partial charge in [-0.05, 0) is 36.4 Å². The van der Waals surface area contributed by atoms with Gasteiger partial charge in [0, 0.05) is 22.9 Å². The molecule has 2 aromatic heterocycles. The Morgan fingerprint density at radius 1 is 0.818 bits per heavy atom. The molecule has 33 heavy (non-hydrogen) atoms. The molecule has 0 bridgehead atoms. The van der Waals surface area contributed by atoms with Crippen molar-refractivity contribution in [3.8, 4) is 17.1 Å². The summed E-state index contributed by atoms with van der Waals surface area (Å²) in [6, 6.07) is 24.9. The van der Waals surface area contributed by atoms with Crippen LogP contribution < -0.4 is 0 Å². The average molecular weight is 453 g/mol. The summed E-state index contributed by atoms with van der Waals surface area (Å²) in [4.78, 5) is 21.7. The monoisotopic (exact) mass is 453 g/mol. The van der Waals surface area contributed by atoms with Gasteiger partial charge in [0.25, 0.3) is 5.71 Å². The number of oxazole rings is 1. The minimum Gasteiger partial charge on any atom is -0.416 e. The summed E-state index contributed by atoms with van der Waals surface area (Å²) < 4.78 is 33.7. The van der Waals surface area contributed by atoms with E-state index in [1.165, 1.54) is 18.2 Å². The van der Waals surface area contributed by atoms with Crippen LogP contribution in [0, 0.1) is 0 Å². The molecule has 0 fully saturated rings. The Labute approximate surface area is 188 Å². The summed E-state index contributed by atoms with van der Waals surface area (Å²) in [6.45, 7) is 0. The van der Waals surface area contributed by atoms with Gasteiger partial charge >= 0.3 is 0 Å². The molecule has 5 aromatic rings. The first-order valence-corrected chi connectivity index (χ1v) is 11.6. The number of carbonyl (C=O) groups excluding carboxylic acids is 1. The summed E-state index contributed by atoms with van der Waals surface area (Å²) in [5, 5.41) is 0. The van der Waals surface area contributed by atoms with Crippen molar-refractivity contribution in [1.82, 2.24) is 14.5 Å². The molecule has 6 rings (SSSR count). The molecule has 0 amide bonds. The fourth-order valence-corrected chi connectivity index (χ4v) is 5.50. The highest BCUT2D eigenvalue weighted by molar-refractivity contribution is 7.97. The van der Waals surface area contributed by atoms with Crippen molar-refractivity contribution in [3.63, 3.8) is 0 Å². The molecule has 7 nitrogen and oxygen atoms in total. The first kappa shape index (κ1) is 19.4. The third-order valence-corrected chi connectivity index (χ3v) is 7.30. The molecule has 0 spiro atoms. The van der Waals surface area contributed by atoms with Crippen LogP contribution in [0.2, 0.25) is 0 Å². The van der Waals surface area contributed by atoms with Gasteiger partial charge in [-0.25, -0.2) is 8.42 Å². The van der Waals surface area contributed by atoms with Crippen LogP contribution in [0.3, 0.4) is 0 Å². The van der Waals surface area contributed by atoms with Crippen molar-refractivity contribution in [1.29, 1.82) is 0 Å². The van der Waals surface area contributed by atoms with E-state index in [1.807, 2.05) is 60.7 Å². The molecule has 0 atom stereocenters. The minimum atomic E-state index is -3.96. The first-order chi connectivity index (χ1) is 16.0. The van der Waals surface area contributed by atoms with Gasteiger partial charge in [-0.2, -0.15) is 9.97 Å². The van der Waals surface area contributed by atoms with Crippen molar-refractivity contribution in [2.45, 2.75) is 4.90 Å². The van der Waals surface area contributed by atoms with Gasteiger partial charge in [-0.3, -0.25) is 9.36 Å². The van der Waals surface area contributed by atoms with Crippen LogP contribution in [-0.4, -0.2) is 28.7 Å². The lowest BCUT2D eigenvalue weighted by atomic mass is 10.1. The van der Waals surface area contributed by atoms with Gasteiger partial charge in [-0.1, -0.05) is 48.5 Å². The lowest BCUT2D eigenvalue weighted by Gasteiger charge is -2.06. The number of imidazole rings is 1. The first-order valence-electron chi connectivity index (χ1n) is 10.1. The summed E-state index contributed by atoms with van der Waals surface area (Å²) in [5.74, 6) is 0.0820. The normalized spacial score (nSPS) is 15.9. The molecular weight excluding hydrogens is 438 g/mol. The number of hydrogen-bond donors (Lipinski definition) is 0. The van der Waals surface area contributed by atoms with E-state index in [2.05, 4.69) is 9.97 Å². The highest BCUT2D eigenvalue weighted by Gasteiger charge is 2.39. The van der Waals surface area contributed by atoms with E-state index in [0.29, 0.717) is 17.2 Å². The van der Waals surface area contributed by atoms with Crippen LogP contribution in [0.1, 0.15) is 16.2 Å². The van der Waals surface area contributed by atoms with E-state index >= 15 is 0 Å². The van der Waals surface area contributed by atoms with Crippen LogP contribution in [0.5, 0.6) is 0 Å². The number of benzene rings is 3. The predicted molar refractivity (Wildman–Crippen MR) is 123 cm³/mol. The van der Waals surface area contributed by atoms with Crippen molar-refractivity contribution in [2.24, 2.45) is 0 Å². The maximum atomic E-state index is 13.1. The SMILES string of the molecule is O=C1/C(=C\c2nc3oc(-c4ccccc4)nc3n2-c2ccccc2)S(=O)(=O)c2ccccc21. The molecule has 0 saturated heterocycles. The number of allylic oxidation sites excluding steroid dienone is 1. The smallest absolute Gasteiger partial charge is 0.267 e. The highest BCUT2D eigenvalue weighted by Crippen LogP contribution is 2.36. The molecule has 0 N–H and O–H groups in total.